The van der Waals surface area contributed by atoms with E-state index in [0.29, 0.717) is 10.5 Å². The minimum atomic E-state index is -0.279. The lowest BCUT2D eigenvalue weighted by molar-refractivity contribution is -0.124. The summed E-state index contributed by atoms with van der Waals surface area (Å²) in [5.41, 5.74) is 0.669. The van der Waals surface area contributed by atoms with Gasteiger partial charge in [-0.25, -0.2) is 0 Å². The Morgan fingerprint density at radius 2 is 2.15 bits per heavy atom. The molecule has 2 rings (SSSR count). The average Bonchev–Trinajstić information content (AvgIpc) is 2.68. The molecule has 6 heteroatoms. The van der Waals surface area contributed by atoms with Crippen LogP contribution in [-0.4, -0.2) is 27.2 Å². The first-order valence-corrected chi connectivity index (χ1v) is 7.39. The van der Waals surface area contributed by atoms with E-state index in [9.17, 15) is 14.7 Å². The second kappa shape index (κ2) is 5.89. The molecule has 106 valence electrons. The maximum atomic E-state index is 12.2. The van der Waals surface area contributed by atoms with E-state index in [4.69, 9.17) is 11.6 Å². The van der Waals surface area contributed by atoms with Gasteiger partial charge in [0.05, 0.1) is 9.93 Å². The molecule has 4 nitrogen and oxygen atoms in total. The van der Waals surface area contributed by atoms with E-state index in [2.05, 4.69) is 0 Å². The van der Waals surface area contributed by atoms with Crippen molar-refractivity contribution in [1.82, 2.24) is 4.90 Å². The Balaban J connectivity index is 2.30. The molecule has 1 N–H and O–H groups in total. The summed E-state index contributed by atoms with van der Waals surface area (Å²) < 4.78 is 0. The number of imide groups is 1. The molecule has 1 saturated heterocycles. The Kier molecular flexibility index (Phi) is 4.40. The normalized spacial score (nSPS) is 18.9. The fraction of sp³-hybridized carbons (Fsp3) is 0.286. The number of aromatic hydroxyl groups is 1. The van der Waals surface area contributed by atoms with Crippen LogP contribution in [0.15, 0.2) is 23.1 Å². The first-order chi connectivity index (χ1) is 9.43. The van der Waals surface area contributed by atoms with Gasteiger partial charge in [0.2, 0.25) is 0 Å². The average molecular weight is 312 g/mol. The van der Waals surface area contributed by atoms with Gasteiger partial charge in [-0.1, -0.05) is 24.6 Å². The third-order valence-corrected chi connectivity index (χ3v) is 4.31. The maximum Gasteiger partial charge on any atom is 0.293 e. The molecule has 0 saturated carbocycles. The van der Waals surface area contributed by atoms with Crippen molar-refractivity contribution in [2.75, 3.05) is 0 Å². The zero-order chi connectivity index (χ0) is 14.9. The van der Waals surface area contributed by atoms with Crippen LogP contribution in [0.2, 0.25) is 5.02 Å². The van der Waals surface area contributed by atoms with Crippen molar-refractivity contribution in [3.8, 4) is 5.75 Å². The number of benzene rings is 1. The van der Waals surface area contributed by atoms with Crippen LogP contribution in [0.5, 0.6) is 5.75 Å². The Bertz CT molecular complexity index is 600. The third-order valence-electron chi connectivity index (χ3n) is 3.12. The van der Waals surface area contributed by atoms with Gasteiger partial charge in [0.25, 0.3) is 11.1 Å². The molecule has 1 aliphatic heterocycles. The lowest BCUT2D eigenvalue weighted by Crippen LogP contribution is -2.36. The highest BCUT2D eigenvalue weighted by Gasteiger charge is 2.37. The lowest BCUT2D eigenvalue weighted by Gasteiger charge is -2.19. The topological polar surface area (TPSA) is 57.6 Å². The van der Waals surface area contributed by atoms with Crippen molar-refractivity contribution >= 4 is 40.6 Å². The standard InChI is InChI=1S/C14H14ClNO3S/c1-3-8(2)16-13(18)12(20-14(16)19)7-9-4-5-11(17)10(15)6-9/h4-8,17H,3H2,1-2H3. The molecule has 1 unspecified atom stereocenters. The van der Waals surface area contributed by atoms with Gasteiger partial charge in [0.15, 0.2) is 0 Å². The second-order valence-corrected chi connectivity index (χ2v) is 5.92. The quantitative estimate of drug-likeness (QED) is 0.861. The first kappa shape index (κ1) is 14.9. The number of phenolic OH excluding ortho intramolecular Hbond substituents is 1. The van der Waals surface area contributed by atoms with Crippen molar-refractivity contribution in [2.45, 2.75) is 26.3 Å². The monoisotopic (exact) mass is 311 g/mol. The highest BCUT2D eigenvalue weighted by Crippen LogP contribution is 2.35. The van der Waals surface area contributed by atoms with Crippen LogP contribution in [-0.2, 0) is 4.79 Å². The number of hydrogen-bond acceptors (Lipinski definition) is 4. The van der Waals surface area contributed by atoms with Gasteiger partial charge in [0.1, 0.15) is 5.75 Å². The SMILES string of the molecule is CCC(C)N1C(=O)SC(=Cc2ccc(O)c(Cl)c2)C1=O. The molecule has 1 aliphatic rings. The van der Waals surface area contributed by atoms with E-state index in [1.54, 1.807) is 18.2 Å². The number of halogens is 1. The molecular formula is C14H14ClNO3S. The highest BCUT2D eigenvalue weighted by molar-refractivity contribution is 8.18. The summed E-state index contributed by atoms with van der Waals surface area (Å²) in [6, 6.07) is 4.52. The molecular weight excluding hydrogens is 298 g/mol. The molecule has 1 aromatic rings. The van der Waals surface area contributed by atoms with Crippen molar-refractivity contribution < 1.29 is 14.7 Å². The Hall–Kier alpha value is -1.46. The summed E-state index contributed by atoms with van der Waals surface area (Å²) in [5, 5.41) is 9.32. The van der Waals surface area contributed by atoms with E-state index < -0.39 is 0 Å². The van der Waals surface area contributed by atoms with Crippen LogP contribution in [0.1, 0.15) is 25.8 Å². The highest BCUT2D eigenvalue weighted by atomic mass is 35.5. The van der Waals surface area contributed by atoms with E-state index in [-0.39, 0.29) is 28.0 Å². The molecule has 1 aromatic carbocycles. The van der Waals surface area contributed by atoms with Gasteiger partial charge in [-0.2, -0.15) is 0 Å². The van der Waals surface area contributed by atoms with Crippen LogP contribution >= 0.6 is 23.4 Å². The van der Waals surface area contributed by atoms with Gasteiger partial charge < -0.3 is 5.11 Å². The summed E-state index contributed by atoms with van der Waals surface area (Å²) in [6.07, 6.45) is 2.33. The molecule has 1 fully saturated rings. The number of carbonyl (C=O) groups excluding carboxylic acids is 2. The summed E-state index contributed by atoms with van der Waals surface area (Å²) >= 11 is 6.74. The van der Waals surface area contributed by atoms with Gasteiger partial charge in [-0.15, -0.1) is 0 Å². The number of thioether (sulfide) groups is 1. The molecule has 0 radical (unpaired) electrons. The Morgan fingerprint density at radius 1 is 1.45 bits per heavy atom. The Morgan fingerprint density at radius 3 is 2.75 bits per heavy atom. The number of amides is 2. The van der Waals surface area contributed by atoms with Gasteiger partial charge >= 0.3 is 0 Å². The van der Waals surface area contributed by atoms with Crippen LogP contribution in [0.3, 0.4) is 0 Å². The zero-order valence-electron chi connectivity index (χ0n) is 11.1. The van der Waals surface area contributed by atoms with Gasteiger partial charge in [-0.3, -0.25) is 14.5 Å². The molecule has 20 heavy (non-hydrogen) atoms. The van der Waals surface area contributed by atoms with Crippen molar-refractivity contribution in [3.05, 3.63) is 33.7 Å². The number of phenols is 1. The van der Waals surface area contributed by atoms with Gasteiger partial charge in [-0.05, 0) is 48.9 Å². The summed E-state index contributed by atoms with van der Waals surface area (Å²) in [7, 11) is 0. The number of carbonyl (C=O) groups is 2. The first-order valence-electron chi connectivity index (χ1n) is 6.19. The summed E-state index contributed by atoms with van der Waals surface area (Å²) in [5.74, 6) is -0.296. The van der Waals surface area contributed by atoms with E-state index in [1.165, 1.54) is 11.0 Å². The zero-order valence-corrected chi connectivity index (χ0v) is 12.7. The van der Waals surface area contributed by atoms with Crippen LogP contribution in [0, 0.1) is 0 Å². The molecule has 1 heterocycles. The smallest absolute Gasteiger partial charge is 0.293 e. The van der Waals surface area contributed by atoms with Crippen LogP contribution in [0.25, 0.3) is 6.08 Å². The minimum Gasteiger partial charge on any atom is -0.506 e. The molecule has 0 aromatic heterocycles. The van der Waals surface area contributed by atoms with E-state index in [0.717, 1.165) is 18.2 Å². The third kappa shape index (κ3) is 2.83. The van der Waals surface area contributed by atoms with E-state index in [1.807, 2.05) is 13.8 Å². The maximum absolute atomic E-state index is 12.2. The fourth-order valence-corrected chi connectivity index (χ4v) is 2.93. The Labute approximate surface area is 126 Å². The molecule has 0 spiro atoms. The van der Waals surface area contributed by atoms with E-state index >= 15 is 0 Å². The van der Waals surface area contributed by atoms with Gasteiger partial charge in [0, 0.05) is 6.04 Å². The fourth-order valence-electron chi connectivity index (χ4n) is 1.81. The predicted octanol–water partition coefficient (Wildman–Crippen LogP) is 3.88. The number of nitrogens with zero attached hydrogens (tertiary/aromatic N) is 1. The van der Waals surface area contributed by atoms with Crippen LogP contribution < -0.4 is 0 Å². The van der Waals surface area contributed by atoms with Crippen molar-refractivity contribution in [1.29, 1.82) is 0 Å². The number of rotatable bonds is 3. The summed E-state index contributed by atoms with van der Waals surface area (Å²) in [4.78, 5) is 25.7. The largest absolute Gasteiger partial charge is 0.506 e. The molecule has 2 amide bonds. The minimum absolute atomic E-state index is 0.0171. The lowest BCUT2D eigenvalue weighted by atomic mass is 10.2. The molecule has 0 bridgehead atoms. The second-order valence-electron chi connectivity index (χ2n) is 4.52. The van der Waals surface area contributed by atoms with Crippen LogP contribution in [0.4, 0.5) is 4.79 Å². The van der Waals surface area contributed by atoms with Crippen molar-refractivity contribution in [2.24, 2.45) is 0 Å². The number of hydrogen-bond donors (Lipinski definition) is 1. The summed E-state index contributed by atoms with van der Waals surface area (Å²) in [6.45, 7) is 3.77. The molecule has 1 atom stereocenters. The predicted molar refractivity (Wildman–Crippen MR) is 80.7 cm³/mol. The molecule has 0 aliphatic carbocycles. The van der Waals surface area contributed by atoms with Crippen molar-refractivity contribution in [3.63, 3.8) is 0 Å².